The van der Waals surface area contributed by atoms with Crippen molar-refractivity contribution in [1.82, 2.24) is 19.6 Å². The number of fused-ring (bicyclic) bond motifs is 1. The summed E-state index contributed by atoms with van der Waals surface area (Å²) in [5.74, 6) is -0.0740. The first-order valence-corrected chi connectivity index (χ1v) is 9.82. The van der Waals surface area contributed by atoms with Crippen LogP contribution >= 0.6 is 0 Å². The van der Waals surface area contributed by atoms with Crippen LogP contribution in [-0.2, 0) is 6.54 Å². The lowest BCUT2D eigenvalue weighted by Crippen LogP contribution is -2.33. The van der Waals surface area contributed by atoms with Gasteiger partial charge in [0.2, 0.25) is 5.82 Å². The molecule has 1 fully saturated rings. The molecule has 1 N–H and O–H groups in total. The number of hydrogen-bond donors (Lipinski definition) is 1. The van der Waals surface area contributed by atoms with Gasteiger partial charge in [0.15, 0.2) is 5.69 Å². The fourth-order valence-corrected chi connectivity index (χ4v) is 3.63. The minimum atomic E-state index is -0.275. The second-order valence-electron chi connectivity index (χ2n) is 7.11. The standard InChI is InChI=1S/C22H24N4O2/c27-21(23-16-17-10-4-3-5-11-17)19-18-12-6-9-15-26(18)20(24-19)22(28)25-13-7-1-2-8-14-25/h3-6,9-12,15H,1-2,7-8,13-14,16H2,(H,23,27). The quantitative estimate of drug-likeness (QED) is 0.760. The van der Waals surface area contributed by atoms with Gasteiger partial charge in [-0.3, -0.25) is 14.0 Å². The zero-order valence-corrected chi connectivity index (χ0v) is 15.8. The third-order valence-corrected chi connectivity index (χ3v) is 5.14. The molecule has 2 aromatic heterocycles. The Labute approximate surface area is 164 Å². The van der Waals surface area contributed by atoms with Gasteiger partial charge < -0.3 is 10.2 Å². The SMILES string of the molecule is O=C(NCc1ccccc1)c1nc(C(=O)N2CCCCCC2)n2ccccc12. The maximum atomic E-state index is 13.1. The van der Waals surface area contributed by atoms with Crippen LogP contribution in [0.2, 0.25) is 0 Å². The fraction of sp³-hybridized carbons (Fsp3) is 0.318. The van der Waals surface area contributed by atoms with E-state index in [2.05, 4.69) is 10.3 Å². The van der Waals surface area contributed by atoms with Crippen LogP contribution in [0.25, 0.3) is 5.52 Å². The van der Waals surface area contributed by atoms with Gasteiger partial charge in [0.05, 0.1) is 5.52 Å². The van der Waals surface area contributed by atoms with Crippen molar-refractivity contribution in [2.45, 2.75) is 32.2 Å². The summed E-state index contributed by atoms with van der Waals surface area (Å²) in [4.78, 5) is 32.2. The Morgan fingerprint density at radius 2 is 1.64 bits per heavy atom. The van der Waals surface area contributed by atoms with E-state index in [-0.39, 0.29) is 17.5 Å². The van der Waals surface area contributed by atoms with Gasteiger partial charge in [0.25, 0.3) is 11.8 Å². The average molecular weight is 376 g/mol. The lowest BCUT2D eigenvalue weighted by molar-refractivity contribution is 0.0748. The lowest BCUT2D eigenvalue weighted by atomic mass is 10.2. The number of nitrogens with one attached hydrogen (secondary N) is 1. The highest BCUT2D eigenvalue weighted by molar-refractivity contribution is 6.02. The molecule has 0 saturated carbocycles. The predicted molar refractivity (Wildman–Crippen MR) is 107 cm³/mol. The van der Waals surface area contributed by atoms with Crippen LogP contribution in [0.1, 0.15) is 52.4 Å². The van der Waals surface area contributed by atoms with Gasteiger partial charge in [0, 0.05) is 25.8 Å². The number of carbonyl (C=O) groups is 2. The van der Waals surface area contributed by atoms with Gasteiger partial charge in [-0.15, -0.1) is 0 Å². The van der Waals surface area contributed by atoms with E-state index < -0.39 is 0 Å². The number of likely N-dealkylation sites (tertiary alicyclic amines) is 1. The topological polar surface area (TPSA) is 66.7 Å². The van der Waals surface area contributed by atoms with Crippen molar-refractivity contribution in [3.8, 4) is 0 Å². The maximum absolute atomic E-state index is 13.1. The number of benzene rings is 1. The van der Waals surface area contributed by atoms with Gasteiger partial charge in [-0.05, 0) is 30.5 Å². The van der Waals surface area contributed by atoms with E-state index in [4.69, 9.17) is 0 Å². The maximum Gasteiger partial charge on any atom is 0.290 e. The first-order chi connectivity index (χ1) is 13.7. The summed E-state index contributed by atoms with van der Waals surface area (Å²) in [7, 11) is 0. The third kappa shape index (κ3) is 3.76. The molecule has 3 heterocycles. The molecule has 0 aliphatic carbocycles. The Bertz CT molecular complexity index is 973. The number of hydrogen-bond acceptors (Lipinski definition) is 3. The third-order valence-electron chi connectivity index (χ3n) is 5.14. The number of imidazole rings is 1. The highest BCUT2D eigenvalue weighted by atomic mass is 16.2. The second kappa shape index (κ2) is 8.25. The number of nitrogens with zero attached hydrogens (tertiary/aromatic N) is 3. The Kier molecular flexibility index (Phi) is 5.37. The summed E-state index contributed by atoms with van der Waals surface area (Å²) >= 11 is 0. The van der Waals surface area contributed by atoms with Crippen LogP contribution in [0.5, 0.6) is 0 Å². The highest BCUT2D eigenvalue weighted by Crippen LogP contribution is 2.17. The largest absolute Gasteiger partial charge is 0.347 e. The summed E-state index contributed by atoms with van der Waals surface area (Å²) in [6.45, 7) is 1.91. The van der Waals surface area contributed by atoms with Gasteiger partial charge in [-0.1, -0.05) is 49.2 Å². The second-order valence-corrected chi connectivity index (χ2v) is 7.11. The van der Waals surface area contributed by atoms with Gasteiger partial charge in [-0.2, -0.15) is 0 Å². The molecule has 1 saturated heterocycles. The zero-order valence-electron chi connectivity index (χ0n) is 15.8. The van der Waals surface area contributed by atoms with E-state index in [9.17, 15) is 9.59 Å². The molecule has 1 aliphatic rings. The highest BCUT2D eigenvalue weighted by Gasteiger charge is 2.25. The zero-order chi connectivity index (χ0) is 19.3. The summed E-state index contributed by atoms with van der Waals surface area (Å²) in [6.07, 6.45) is 6.12. The van der Waals surface area contributed by atoms with E-state index in [1.54, 1.807) is 10.6 Å². The number of carbonyl (C=O) groups excluding carboxylic acids is 2. The molecule has 28 heavy (non-hydrogen) atoms. The van der Waals surface area contributed by atoms with Crippen molar-refractivity contribution >= 4 is 17.3 Å². The minimum Gasteiger partial charge on any atom is -0.347 e. The van der Waals surface area contributed by atoms with Crippen LogP contribution in [0.4, 0.5) is 0 Å². The summed E-state index contributed by atoms with van der Waals surface area (Å²) in [6, 6.07) is 15.2. The van der Waals surface area contributed by atoms with Gasteiger partial charge >= 0.3 is 0 Å². The van der Waals surface area contributed by atoms with Crippen molar-refractivity contribution in [2.75, 3.05) is 13.1 Å². The molecule has 0 atom stereocenters. The van der Waals surface area contributed by atoms with Crippen molar-refractivity contribution in [3.63, 3.8) is 0 Å². The first-order valence-electron chi connectivity index (χ1n) is 9.82. The number of amides is 2. The van der Waals surface area contributed by atoms with Crippen molar-refractivity contribution in [3.05, 3.63) is 71.8 Å². The van der Waals surface area contributed by atoms with Crippen LogP contribution < -0.4 is 5.32 Å². The van der Waals surface area contributed by atoms with E-state index in [0.29, 0.717) is 17.9 Å². The molecule has 144 valence electrons. The van der Waals surface area contributed by atoms with Crippen molar-refractivity contribution in [1.29, 1.82) is 0 Å². The summed E-state index contributed by atoms with van der Waals surface area (Å²) < 4.78 is 1.73. The molecule has 0 bridgehead atoms. The molecule has 0 unspecified atom stereocenters. The monoisotopic (exact) mass is 376 g/mol. The molecule has 3 aromatic rings. The number of rotatable bonds is 4. The normalized spacial score (nSPS) is 14.6. The predicted octanol–water partition coefficient (Wildman–Crippen LogP) is 3.28. The molecule has 4 rings (SSSR count). The van der Waals surface area contributed by atoms with E-state index in [1.807, 2.05) is 53.4 Å². The number of pyridine rings is 1. The van der Waals surface area contributed by atoms with E-state index in [0.717, 1.165) is 44.3 Å². The molecule has 0 spiro atoms. The van der Waals surface area contributed by atoms with Crippen LogP contribution in [0, 0.1) is 0 Å². The number of aromatic nitrogens is 2. The molecular formula is C22H24N4O2. The summed E-state index contributed by atoms with van der Waals surface area (Å²) in [5, 5.41) is 2.91. The fourth-order valence-electron chi connectivity index (χ4n) is 3.63. The van der Waals surface area contributed by atoms with Crippen molar-refractivity contribution < 1.29 is 9.59 Å². The minimum absolute atomic E-state index is 0.106. The molecule has 6 heteroatoms. The lowest BCUT2D eigenvalue weighted by Gasteiger charge is -2.19. The van der Waals surface area contributed by atoms with Crippen molar-refractivity contribution in [2.24, 2.45) is 0 Å². The summed E-state index contributed by atoms with van der Waals surface area (Å²) in [5.41, 5.74) is 1.95. The first kappa shape index (κ1) is 18.2. The average Bonchev–Trinajstić information content (AvgIpc) is 2.92. The molecule has 2 amide bonds. The molecule has 1 aliphatic heterocycles. The van der Waals surface area contributed by atoms with Crippen LogP contribution in [0.15, 0.2) is 54.7 Å². The van der Waals surface area contributed by atoms with Gasteiger partial charge in [0.1, 0.15) is 0 Å². The van der Waals surface area contributed by atoms with E-state index in [1.165, 1.54) is 0 Å². The molecule has 6 nitrogen and oxygen atoms in total. The Balaban J connectivity index is 1.60. The molecular weight excluding hydrogens is 352 g/mol. The Morgan fingerprint density at radius 1 is 0.929 bits per heavy atom. The van der Waals surface area contributed by atoms with Crippen LogP contribution in [-0.4, -0.2) is 39.2 Å². The molecule has 0 radical (unpaired) electrons. The Morgan fingerprint density at radius 3 is 2.39 bits per heavy atom. The molecule has 1 aromatic carbocycles. The van der Waals surface area contributed by atoms with Gasteiger partial charge in [-0.25, -0.2) is 4.98 Å². The van der Waals surface area contributed by atoms with E-state index >= 15 is 0 Å². The Hall–Kier alpha value is -3.15. The van der Waals surface area contributed by atoms with Crippen LogP contribution in [0.3, 0.4) is 0 Å². The smallest absolute Gasteiger partial charge is 0.290 e.